The van der Waals surface area contributed by atoms with Crippen molar-refractivity contribution in [3.63, 3.8) is 0 Å². The van der Waals surface area contributed by atoms with Crippen LogP contribution in [0.25, 0.3) is 11.2 Å². The first-order chi connectivity index (χ1) is 11.5. The number of hydrogen-bond donors (Lipinski definition) is 1. The van der Waals surface area contributed by atoms with Crippen molar-refractivity contribution in [3.8, 4) is 0 Å². The molecule has 0 aromatic carbocycles. The second-order valence-electron chi connectivity index (χ2n) is 7.68. The van der Waals surface area contributed by atoms with Gasteiger partial charge in [0.25, 0.3) is 0 Å². The normalized spacial score (nSPS) is 24.4. The van der Waals surface area contributed by atoms with E-state index in [2.05, 4.69) is 28.8 Å². The number of piperidine rings is 1. The number of aromatic nitrogens is 4. The zero-order valence-electron chi connectivity index (χ0n) is 14.4. The van der Waals surface area contributed by atoms with Gasteiger partial charge in [-0.3, -0.25) is 5.10 Å². The van der Waals surface area contributed by atoms with Gasteiger partial charge in [-0.15, -0.1) is 0 Å². The highest BCUT2D eigenvalue weighted by Crippen LogP contribution is 2.32. The summed E-state index contributed by atoms with van der Waals surface area (Å²) in [6.45, 7) is 7.52. The van der Waals surface area contributed by atoms with Crippen molar-refractivity contribution < 1.29 is 4.74 Å². The van der Waals surface area contributed by atoms with E-state index in [9.17, 15) is 0 Å². The molecule has 4 heterocycles. The average Bonchev–Trinajstić information content (AvgIpc) is 2.92. The minimum absolute atomic E-state index is 0.0113. The van der Waals surface area contributed by atoms with Crippen molar-refractivity contribution in [2.75, 3.05) is 24.6 Å². The number of nitrogens with one attached hydrogen (secondary N) is 1. The summed E-state index contributed by atoms with van der Waals surface area (Å²) < 4.78 is 8.51. The van der Waals surface area contributed by atoms with Crippen molar-refractivity contribution in [1.29, 1.82) is 0 Å². The second kappa shape index (κ2) is 6.11. The summed E-state index contributed by atoms with van der Waals surface area (Å²) in [4.78, 5) is 11.8. The molecular formula is C17H25N5OS. The fourth-order valence-electron chi connectivity index (χ4n) is 3.54. The maximum atomic E-state index is 5.90. The molecule has 4 rings (SSSR count). The molecule has 0 amide bonds. The third-order valence-corrected chi connectivity index (χ3v) is 5.58. The Bertz CT molecular complexity index is 780. The monoisotopic (exact) mass is 347 g/mol. The first-order valence-corrected chi connectivity index (χ1v) is 9.28. The van der Waals surface area contributed by atoms with Crippen LogP contribution in [0.2, 0.25) is 0 Å². The number of rotatable bonds is 2. The first kappa shape index (κ1) is 16.0. The van der Waals surface area contributed by atoms with Gasteiger partial charge in [0.05, 0.1) is 6.20 Å². The first-order valence-electron chi connectivity index (χ1n) is 8.87. The van der Waals surface area contributed by atoms with E-state index < -0.39 is 0 Å². The molecule has 0 spiro atoms. The van der Waals surface area contributed by atoms with Crippen LogP contribution < -0.4 is 4.90 Å². The number of hydrogen-bond acceptors (Lipinski definition) is 5. The fourth-order valence-corrected chi connectivity index (χ4v) is 3.79. The Labute approximate surface area is 147 Å². The van der Waals surface area contributed by atoms with Crippen LogP contribution in [0, 0.1) is 10.1 Å². The molecule has 1 atom stereocenters. The van der Waals surface area contributed by atoms with Gasteiger partial charge in [0.15, 0.2) is 5.65 Å². The Hall–Kier alpha value is -1.47. The van der Waals surface area contributed by atoms with Crippen LogP contribution in [-0.4, -0.2) is 39.4 Å². The molecule has 1 N–H and O–H groups in total. The topological polar surface area (TPSA) is 59.0 Å². The summed E-state index contributed by atoms with van der Waals surface area (Å²) >= 11 is 5.43. The van der Waals surface area contributed by atoms with E-state index in [4.69, 9.17) is 21.9 Å². The highest BCUT2D eigenvalue weighted by atomic mass is 32.1. The number of H-pyrrole nitrogens is 1. The Morgan fingerprint density at radius 2 is 2.08 bits per heavy atom. The van der Waals surface area contributed by atoms with Gasteiger partial charge in [-0.1, -0.05) is 26.1 Å². The number of aromatic amines is 1. The molecule has 2 fully saturated rings. The highest BCUT2D eigenvalue weighted by molar-refractivity contribution is 7.71. The van der Waals surface area contributed by atoms with E-state index in [-0.39, 0.29) is 6.23 Å². The van der Waals surface area contributed by atoms with Gasteiger partial charge in [0, 0.05) is 19.7 Å². The van der Waals surface area contributed by atoms with Gasteiger partial charge >= 0.3 is 0 Å². The van der Waals surface area contributed by atoms with Crippen molar-refractivity contribution in [2.45, 2.75) is 52.2 Å². The molecule has 130 valence electrons. The maximum Gasteiger partial charge on any atom is 0.181 e. The molecule has 2 aliphatic rings. The summed E-state index contributed by atoms with van der Waals surface area (Å²) in [5, 5.41) is 3.23. The van der Waals surface area contributed by atoms with Crippen molar-refractivity contribution in [3.05, 3.63) is 10.8 Å². The van der Waals surface area contributed by atoms with Crippen LogP contribution >= 0.6 is 12.2 Å². The van der Waals surface area contributed by atoms with Crippen molar-refractivity contribution >= 4 is 29.2 Å². The summed E-state index contributed by atoms with van der Waals surface area (Å²) in [5.41, 5.74) is 2.00. The molecule has 24 heavy (non-hydrogen) atoms. The van der Waals surface area contributed by atoms with Crippen LogP contribution in [0.15, 0.2) is 6.20 Å². The SMILES string of the molecule is CC1(C)CCN(c2cnc3c(=S)[nH]n(C4CCCCO4)c3n2)CC1. The average molecular weight is 347 g/mol. The molecule has 0 bridgehead atoms. The predicted molar refractivity (Wildman–Crippen MR) is 96.8 cm³/mol. The fraction of sp³-hybridized carbons (Fsp3) is 0.706. The van der Waals surface area contributed by atoms with E-state index in [0.29, 0.717) is 10.1 Å². The number of anilines is 1. The molecular weight excluding hydrogens is 322 g/mol. The quantitative estimate of drug-likeness (QED) is 0.837. The largest absolute Gasteiger partial charge is 0.357 e. The Morgan fingerprint density at radius 3 is 2.79 bits per heavy atom. The zero-order chi connectivity index (χ0) is 16.7. The lowest BCUT2D eigenvalue weighted by atomic mass is 9.83. The molecule has 2 aliphatic heterocycles. The molecule has 1 unspecified atom stereocenters. The van der Waals surface area contributed by atoms with Crippen molar-refractivity contribution in [2.24, 2.45) is 5.41 Å². The molecule has 0 saturated carbocycles. The van der Waals surface area contributed by atoms with Crippen LogP contribution in [0.3, 0.4) is 0 Å². The third-order valence-electron chi connectivity index (χ3n) is 5.29. The number of ether oxygens (including phenoxy) is 1. The van der Waals surface area contributed by atoms with E-state index in [0.717, 1.165) is 49.5 Å². The summed E-state index contributed by atoms with van der Waals surface area (Å²) in [6, 6.07) is 0. The standard InChI is InChI=1S/C17H25N5OS/c1-17(2)6-8-21(9-7-17)12-11-18-14-15(19-12)22(20-16(14)24)13-5-3-4-10-23-13/h11,13H,3-10H2,1-2H3,(H,20,24). The van der Waals surface area contributed by atoms with Crippen LogP contribution in [0.1, 0.15) is 52.2 Å². The Morgan fingerprint density at radius 1 is 1.29 bits per heavy atom. The molecule has 2 saturated heterocycles. The summed E-state index contributed by atoms with van der Waals surface area (Å²) in [7, 11) is 0. The van der Waals surface area contributed by atoms with E-state index in [1.54, 1.807) is 0 Å². The molecule has 0 aliphatic carbocycles. The van der Waals surface area contributed by atoms with Crippen molar-refractivity contribution in [1.82, 2.24) is 19.7 Å². The molecule has 2 aromatic heterocycles. The highest BCUT2D eigenvalue weighted by Gasteiger charge is 2.27. The third kappa shape index (κ3) is 2.95. The Balaban J connectivity index is 1.68. The lowest BCUT2D eigenvalue weighted by Crippen LogP contribution is -2.37. The summed E-state index contributed by atoms with van der Waals surface area (Å²) in [5.74, 6) is 0.941. The van der Waals surface area contributed by atoms with E-state index in [1.165, 1.54) is 19.3 Å². The molecule has 6 nitrogen and oxygen atoms in total. The van der Waals surface area contributed by atoms with Gasteiger partial charge in [0.1, 0.15) is 22.2 Å². The van der Waals surface area contributed by atoms with Gasteiger partial charge in [0.2, 0.25) is 0 Å². The van der Waals surface area contributed by atoms with Crippen LogP contribution in [0.5, 0.6) is 0 Å². The maximum absolute atomic E-state index is 5.90. The Kier molecular flexibility index (Phi) is 4.08. The number of fused-ring (bicyclic) bond motifs is 1. The zero-order valence-corrected chi connectivity index (χ0v) is 15.2. The van der Waals surface area contributed by atoms with Gasteiger partial charge in [-0.2, -0.15) is 0 Å². The molecule has 0 radical (unpaired) electrons. The minimum Gasteiger partial charge on any atom is -0.357 e. The van der Waals surface area contributed by atoms with E-state index in [1.807, 2.05) is 10.9 Å². The van der Waals surface area contributed by atoms with Gasteiger partial charge < -0.3 is 9.64 Å². The predicted octanol–water partition coefficient (Wildman–Crippen LogP) is 3.81. The van der Waals surface area contributed by atoms with Crippen LogP contribution in [0.4, 0.5) is 5.82 Å². The molecule has 7 heteroatoms. The lowest BCUT2D eigenvalue weighted by molar-refractivity contribution is -0.0371. The summed E-state index contributed by atoms with van der Waals surface area (Å²) in [6.07, 6.45) is 7.48. The van der Waals surface area contributed by atoms with Crippen LogP contribution in [-0.2, 0) is 4.74 Å². The second-order valence-corrected chi connectivity index (χ2v) is 8.09. The smallest absolute Gasteiger partial charge is 0.181 e. The lowest BCUT2D eigenvalue weighted by Gasteiger charge is -2.37. The number of nitrogens with zero attached hydrogens (tertiary/aromatic N) is 4. The van der Waals surface area contributed by atoms with Gasteiger partial charge in [-0.25, -0.2) is 14.6 Å². The van der Waals surface area contributed by atoms with Gasteiger partial charge in [-0.05, 0) is 37.5 Å². The van der Waals surface area contributed by atoms with E-state index >= 15 is 0 Å². The molecule has 2 aromatic rings. The minimum atomic E-state index is -0.0113.